The van der Waals surface area contributed by atoms with Gasteiger partial charge in [0.25, 0.3) is 0 Å². The van der Waals surface area contributed by atoms with E-state index in [-0.39, 0.29) is 5.56 Å². The Balaban J connectivity index is 1.74. The van der Waals surface area contributed by atoms with Gasteiger partial charge in [0, 0.05) is 29.8 Å². The maximum atomic E-state index is 11.3. The summed E-state index contributed by atoms with van der Waals surface area (Å²) in [7, 11) is 0. The van der Waals surface area contributed by atoms with Gasteiger partial charge < -0.3 is 15.4 Å². The fraction of sp³-hybridized carbons (Fsp3) is 0.188. The van der Waals surface area contributed by atoms with E-state index >= 15 is 0 Å². The van der Waals surface area contributed by atoms with Crippen LogP contribution in [0.15, 0.2) is 41.8 Å². The first-order chi connectivity index (χ1) is 11.2. The van der Waals surface area contributed by atoms with Crippen LogP contribution in [0, 0.1) is 0 Å². The number of hydrogen-bond donors (Lipinski definition) is 3. The molecule has 0 unspecified atom stereocenters. The van der Waals surface area contributed by atoms with E-state index in [9.17, 15) is 9.90 Å². The third-order valence-corrected chi connectivity index (χ3v) is 4.10. The smallest absolute Gasteiger partial charge is 0.341 e. The number of H-pyrrole nitrogens is 1. The Bertz CT molecular complexity index is 847. The zero-order chi connectivity index (χ0) is 16.2. The predicted molar refractivity (Wildman–Crippen MR) is 91.3 cm³/mol. The van der Waals surface area contributed by atoms with Gasteiger partial charge in [-0.25, -0.2) is 14.8 Å². The van der Waals surface area contributed by atoms with E-state index in [0.29, 0.717) is 17.5 Å². The number of anilines is 1. The molecule has 23 heavy (non-hydrogen) atoms. The van der Waals surface area contributed by atoms with E-state index in [4.69, 9.17) is 0 Å². The lowest BCUT2D eigenvalue weighted by Gasteiger charge is -2.09. The molecule has 0 fully saturated rings. The maximum absolute atomic E-state index is 11.3. The van der Waals surface area contributed by atoms with Crippen LogP contribution in [0.1, 0.15) is 15.9 Å². The Kier molecular flexibility index (Phi) is 4.47. The molecule has 6 nitrogen and oxygen atoms in total. The number of carboxylic acids is 1. The molecule has 0 aliphatic heterocycles. The van der Waals surface area contributed by atoms with Crippen LogP contribution in [-0.2, 0) is 6.42 Å². The first-order valence-electron chi connectivity index (χ1n) is 7.12. The van der Waals surface area contributed by atoms with Crippen LogP contribution in [-0.4, -0.2) is 38.8 Å². The molecule has 3 rings (SSSR count). The van der Waals surface area contributed by atoms with E-state index < -0.39 is 5.97 Å². The highest BCUT2D eigenvalue weighted by molar-refractivity contribution is 7.98. The number of aromatic amines is 1. The molecular formula is C16H16N4O2S. The van der Waals surface area contributed by atoms with Crippen LogP contribution < -0.4 is 5.32 Å². The highest BCUT2D eigenvalue weighted by Crippen LogP contribution is 2.19. The summed E-state index contributed by atoms with van der Waals surface area (Å²) in [6.45, 7) is 0.590. The molecule has 7 heteroatoms. The number of para-hydroxylation sites is 1. The molecule has 1 aromatic carbocycles. The molecule has 0 saturated heterocycles. The summed E-state index contributed by atoms with van der Waals surface area (Å²) >= 11 is 1.38. The number of aromatic carboxylic acids is 1. The van der Waals surface area contributed by atoms with Crippen LogP contribution in [0.5, 0.6) is 0 Å². The minimum Gasteiger partial charge on any atom is -0.477 e. The summed E-state index contributed by atoms with van der Waals surface area (Å²) in [5, 5.41) is 14.1. The maximum Gasteiger partial charge on any atom is 0.341 e. The fourth-order valence-corrected chi connectivity index (χ4v) is 2.75. The lowest BCUT2D eigenvalue weighted by molar-refractivity contribution is 0.0697. The van der Waals surface area contributed by atoms with Crippen LogP contribution in [0.25, 0.3) is 10.9 Å². The highest BCUT2D eigenvalue weighted by Gasteiger charge is 2.13. The number of benzene rings is 1. The molecule has 0 amide bonds. The number of hydrogen-bond acceptors (Lipinski definition) is 5. The second-order valence-electron chi connectivity index (χ2n) is 4.96. The molecular weight excluding hydrogens is 312 g/mol. The molecule has 3 N–H and O–H groups in total. The van der Waals surface area contributed by atoms with E-state index in [2.05, 4.69) is 26.3 Å². The molecule has 0 aliphatic carbocycles. The summed E-state index contributed by atoms with van der Waals surface area (Å²) < 4.78 is 0. The standard InChI is InChI=1S/C16H16N4O2S/c1-23-16-19-9-12(15(21)22)14(20-16)17-7-6-10-8-18-13-5-3-2-4-11(10)13/h2-5,8-9,18H,6-7H2,1H3,(H,21,22)(H,17,19,20). The van der Waals surface area contributed by atoms with Gasteiger partial charge in [0.2, 0.25) is 0 Å². The molecule has 2 heterocycles. The molecule has 118 valence electrons. The second kappa shape index (κ2) is 6.70. The first-order valence-corrected chi connectivity index (χ1v) is 8.34. The molecule has 2 aromatic heterocycles. The van der Waals surface area contributed by atoms with Crippen LogP contribution in [0.3, 0.4) is 0 Å². The van der Waals surface area contributed by atoms with Gasteiger partial charge in [-0.15, -0.1) is 0 Å². The van der Waals surface area contributed by atoms with Crippen LogP contribution >= 0.6 is 11.8 Å². The van der Waals surface area contributed by atoms with E-state index in [1.54, 1.807) is 0 Å². The van der Waals surface area contributed by atoms with E-state index in [1.807, 2.05) is 30.7 Å². The third kappa shape index (κ3) is 3.29. The highest BCUT2D eigenvalue weighted by atomic mass is 32.2. The lowest BCUT2D eigenvalue weighted by atomic mass is 10.1. The average molecular weight is 328 g/mol. The Hall–Kier alpha value is -2.54. The molecule has 0 bridgehead atoms. The Morgan fingerprint density at radius 1 is 1.39 bits per heavy atom. The minimum atomic E-state index is -1.03. The van der Waals surface area contributed by atoms with Crippen molar-refractivity contribution in [3.05, 3.63) is 47.8 Å². The minimum absolute atomic E-state index is 0.0849. The average Bonchev–Trinajstić information content (AvgIpc) is 2.98. The van der Waals surface area contributed by atoms with Crippen molar-refractivity contribution in [2.24, 2.45) is 0 Å². The third-order valence-electron chi connectivity index (χ3n) is 3.54. The largest absolute Gasteiger partial charge is 0.477 e. The summed E-state index contributed by atoms with van der Waals surface area (Å²) in [6.07, 6.45) is 5.94. The predicted octanol–water partition coefficient (Wildman–Crippen LogP) is 3.03. The number of rotatable bonds is 6. The Labute approximate surface area is 137 Å². The molecule has 0 saturated carbocycles. The first kappa shape index (κ1) is 15.4. The van der Waals surface area contributed by atoms with Gasteiger partial charge >= 0.3 is 5.97 Å². The van der Waals surface area contributed by atoms with Gasteiger partial charge in [-0.2, -0.15) is 0 Å². The molecule has 3 aromatic rings. The number of fused-ring (bicyclic) bond motifs is 1. The number of carbonyl (C=O) groups is 1. The SMILES string of the molecule is CSc1ncc(C(=O)O)c(NCCc2c[nH]c3ccccc23)n1. The van der Waals surface area contributed by atoms with Gasteiger partial charge in [0.05, 0.1) is 0 Å². The molecule has 0 atom stereocenters. The molecule has 0 radical (unpaired) electrons. The molecule has 0 aliphatic rings. The summed E-state index contributed by atoms with van der Waals surface area (Å²) in [4.78, 5) is 22.7. The van der Waals surface area contributed by atoms with Gasteiger partial charge in [-0.3, -0.25) is 0 Å². The normalized spacial score (nSPS) is 10.8. The number of nitrogens with zero attached hydrogens (tertiary/aromatic N) is 2. The van der Waals surface area contributed by atoms with Crippen LogP contribution in [0.4, 0.5) is 5.82 Å². The molecule has 0 spiro atoms. The number of nitrogens with one attached hydrogen (secondary N) is 2. The van der Waals surface area contributed by atoms with Crippen molar-refractivity contribution in [2.45, 2.75) is 11.6 Å². The van der Waals surface area contributed by atoms with E-state index in [1.165, 1.54) is 28.9 Å². The fourth-order valence-electron chi connectivity index (χ4n) is 2.41. The zero-order valence-corrected chi connectivity index (χ0v) is 13.4. The van der Waals surface area contributed by atoms with Crippen molar-refractivity contribution >= 4 is 34.5 Å². The van der Waals surface area contributed by atoms with E-state index in [0.717, 1.165) is 11.9 Å². The van der Waals surface area contributed by atoms with Crippen molar-refractivity contribution < 1.29 is 9.90 Å². The van der Waals surface area contributed by atoms with Crippen molar-refractivity contribution in [1.82, 2.24) is 15.0 Å². The number of aromatic nitrogens is 3. The van der Waals surface area contributed by atoms with Crippen molar-refractivity contribution in [2.75, 3.05) is 18.1 Å². The van der Waals surface area contributed by atoms with Gasteiger partial charge in [0.1, 0.15) is 11.4 Å². The van der Waals surface area contributed by atoms with Gasteiger partial charge in [-0.05, 0) is 24.3 Å². The Morgan fingerprint density at radius 3 is 3.00 bits per heavy atom. The lowest BCUT2D eigenvalue weighted by Crippen LogP contribution is -2.12. The second-order valence-corrected chi connectivity index (χ2v) is 5.73. The summed E-state index contributed by atoms with van der Waals surface area (Å²) in [5.74, 6) is -0.677. The summed E-state index contributed by atoms with van der Waals surface area (Å²) in [6, 6.07) is 8.10. The zero-order valence-electron chi connectivity index (χ0n) is 12.5. The van der Waals surface area contributed by atoms with Crippen molar-refractivity contribution in [3.8, 4) is 0 Å². The van der Waals surface area contributed by atoms with Gasteiger partial charge in [-0.1, -0.05) is 30.0 Å². The number of carboxylic acid groups (broad SMARTS) is 1. The topological polar surface area (TPSA) is 90.9 Å². The monoisotopic (exact) mass is 328 g/mol. The van der Waals surface area contributed by atoms with Crippen molar-refractivity contribution in [3.63, 3.8) is 0 Å². The quantitative estimate of drug-likeness (QED) is 0.476. The summed E-state index contributed by atoms with van der Waals surface area (Å²) in [5.41, 5.74) is 2.37. The van der Waals surface area contributed by atoms with Gasteiger partial charge in [0.15, 0.2) is 5.16 Å². The number of thioether (sulfide) groups is 1. The van der Waals surface area contributed by atoms with Crippen molar-refractivity contribution in [1.29, 1.82) is 0 Å². The van der Waals surface area contributed by atoms with Crippen LogP contribution in [0.2, 0.25) is 0 Å². The Morgan fingerprint density at radius 2 is 2.22 bits per heavy atom.